The van der Waals surface area contributed by atoms with Crippen molar-refractivity contribution in [3.05, 3.63) is 143 Å². The first-order chi connectivity index (χ1) is 18.7. The molecule has 1 aliphatic rings. The molecule has 0 fully saturated rings. The second kappa shape index (κ2) is 10.4. The maximum absolute atomic E-state index is 13.7. The third-order valence-corrected chi connectivity index (χ3v) is 7.12. The van der Waals surface area contributed by atoms with Crippen LogP contribution in [0, 0.1) is 6.92 Å². The number of nitrogens with zero attached hydrogens (tertiary/aromatic N) is 2. The summed E-state index contributed by atoms with van der Waals surface area (Å²) >= 11 is 0. The molecule has 5 aromatic rings. The third-order valence-electron chi connectivity index (χ3n) is 7.12. The van der Waals surface area contributed by atoms with E-state index in [-0.39, 0.29) is 11.9 Å². The Morgan fingerprint density at radius 1 is 0.816 bits per heavy atom. The maximum atomic E-state index is 13.7. The summed E-state index contributed by atoms with van der Waals surface area (Å²) in [6.45, 7) is 3.18. The third kappa shape index (κ3) is 4.71. The van der Waals surface area contributed by atoms with Crippen LogP contribution in [-0.4, -0.2) is 27.5 Å². The first kappa shape index (κ1) is 23.7. The summed E-state index contributed by atoms with van der Waals surface area (Å²) < 4.78 is 6.02. The molecule has 4 aromatic carbocycles. The second-order valence-electron chi connectivity index (χ2n) is 9.71. The van der Waals surface area contributed by atoms with Crippen molar-refractivity contribution >= 4 is 5.91 Å². The van der Waals surface area contributed by atoms with Gasteiger partial charge in [0.1, 0.15) is 18.1 Å². The van der Waals surface area contributed by atoms with Gasteiger partial charge in [0, 0.05) is 17.7 Å². The zero-order valence-electron chi connectivity index (χ0n) is 21.3. The molecule has 38 heavy (non-hydrogen) atoms. The number of hydrogen-bond acceptors (Lipinski definition) is 3. The van der Waals surface area contributed by atoms with Crippen molar-refractivity contribution in [3.63, 3.8) is 0 Å². The summed E-state index contributed by atoms with van der Waals surface area (Å²) in [7, 11) is 0. The van der Waals surface area contributed by atoms with Crippen LogP contribution in [0.5, 0.6) is 5.75 Å². The van der Waals surface area contributed by atoms with Crippen LogP contribution in [0.1, 0.15) is 44.3 Å². The van der Waals surface area contributed by atoms with Crippen molar-refractivity contribution in [2.45, 2.75) is 26.0 Å². The van der Waals surface area contributed by atoms with Gasteiger partial charge in [0.05, 0.1) is 11.7 Å². The normalized spacial score (nSPS) is 14.5. The Bertz CT molecular complexity index is 1530. The smallest absolute Gasteiger partial charge is 0.273 e. The Labute approximate surface area is 222 Å². The number of aromatic amines is 1. The minimum atomic E-state index is -0.237. The van der Waals surface area contributed by atoms with E-state index in [2.05, 4.69) is 77.8 Å². The standard InChI is InChI=1S/C33H29N3O2/c1-23-12-14-26(15-13-23)30-29-31(35-34-30)33(37)36(21-20-24-8-4-2-5-9-24)32(29)27-16-18-28(19-17-27)38-22-25-10-6-3-7-11-25/h2-19,32H,20-22H2,1H3,(H,34,35). The molecular weight excluding hydrogens is 470 g/mol. The fraction of sp³-hybridized carbons (Fsp3) is 0.152. The summed E-state index contributed by atoms with van der Waals surface area (Å²) in [5.74, 6) is 0.778. The van der Waals surface area contributed by atoms with Crippen molar-refractivity contribution < 1.29 is 9.53 Å². The minimum Gasteiger partial charge on any atom is -0.489 e. The van der Waals surface area contributed by atoms with E-state index in [4.69, 9.17) is 4.74 Å². The van der Waals surface area contributed by atoms with Crippen LogP contribution in [0.25, 0.3) is 11.3 Å². The van der Waals surface area contributed by atoms with E-state index in [1.54, 1.807) is 0 Å². The molecule has 6 rings (SSSR count). The summed E-state index contributed by atoms with van der Waals surface area (Å²) in [5.41, 5.74) is 7.87. The zero-order chi connectivity index (χ0) is 25.9. The highest BCUT2D eigenvalue weighted by Gasteiger charge is 2.41. The predicted molar refractivity (Wildman–Crippen MR) is 149 cm³/mol. The molecule has 0 saturated heterocycles. The average molecular weight is 500 g/mol. The summed E-state index contributed by atoms with van der Waals surface area (Å²) in [4.78, 5) is 15.6. The number of H-pyrrole nitrogens is 1. The molecule has 188 valence electrons. The van der Waals surface area contributed by atoms with Crippen molar-refractivity contribution in [3.8, 4) is 17.0 Å². The largest absolute Gasteiger partial charge is 0.489 e. The van der Waals surface area contributed by atoms with Crippen LogP contribution in [0.3, 0.4) is 0 Å². The van der Waals surface area contributed by atoms with E-state index in [0.29, 0.717) is 18.8 Å². The van der Waals surface area contributed by atoms with Crippen LogP contribution >= 0.6 is 0 Å². The Kier molecular flexibility index (Phi) is 6.49. The van der Waals surface area contributed by atoms with E-state index in [1.807, 2.05) is 53.4 Å². The lowest BCUT2D eigenvalue weighted by Gasteiger charge is -2.26. The van der Waals surface area contributed by atoms with Crippen molar-refractivity contribution in [1.82, 2.24) is 15.1 Å². The number of nitrogens with one attached hydrogen (secondary N) is 1. The van der Waals surface area contributed by atoms with Gasteiger partial charge in [-0.1, -0.05) is 103 Å². The van der Waals surface area contributed by atoms with E-state index < -0.39 is 0 Å². The van der Waals surface area contributed by atoms with Gasteiger partial charge in [-0.05, 0) is 42.2 Å². The summed E-state index contributed by atoms with van der Waals surface area (Å²) in [6.07, 6.45) is 0.777. The van der Waals surface area contributed by atoms with Gasteiger partial charge < -0.3 is 9.64 Å². The number of amides is 1. The molecular formula is C33H29N3O2. The van der Waals surface area contributed by atoms with Crippen LogP contribution < -0.4 is 4.74 Å². The van der Waals surface area contributed by atoms with Crippen molar-refractivity contribution in [2.24, 2.45) is 0 Å². The van der Waals surface area contributed by atoms with Gasteiger partial charge in [0.2, 0.25) is 0 Å². The van der Waals surface area contributed by atoms with Crippen molar-refractivity contribution in [2.75, 3.05) is 6.54 Å². The van der Waals surface area contributed by atoms with Gasteiger partial charge in [0.25, 0.3) is 5.91 Å². The fourth-order valence-electron chi connectivity index (χ4n) is 5.09. The SMILES string of the molecule is Cc1ccc(-c2n[nH]c3c2C(c2ccc(OCc4ccccc4)cc2)N(CCc2ccccc2)C3=O)cc1. The Morgan fingerprint density at radius 2 is 1.47 bits per heavy atom. The lowest BCUT2D eigenvalue weighted by atomic mass is 9.95. The van der Waals surface area contributed by atoms with E-state index in [1.165, 1.54) is 11.1 Å². The van der Waals surface area contributed by atoms with Gasteiger partial charge >= 0.3 is 0 Å². The first-order valence-electron chi connectivity index (χ1n) is 12.9. The summed E-state index contributed by atoms with van der Waals surface area (Å²) in [6, 6.07) is 36.6. The Hall–Kier alpha value is -4.64. The lowest BCUT2D eigenvalue weighted by molar-refractivity contribution is 0.0746. The number of carbonyl (C=O) groups is 1. The van der Waals surface area contributed by atoms with Crippen LogP contribution in [0.4, 0.5) is 0 Å². The molecule has 0 saturated carbocycles. The second-order valence-corrected chi connectivity index (χ2v) is 9.71. The van der Waals surface area contributed by atoms with E-state index >= 15 is 0 Å². The first-order valence-corrected chi connectivity index (χ1v) is 12.9. The predicted octanol–water partition coefficient (Wildman–Crippen LogP) is 6.75. The number of aryl methyl sites for hydroxylation is 1. The lowest BCUT2D eigenvalue weighted by Crippen LogP contribution is -2.31. The van der Waals surface area contributed by atoms with Crippen LogP contribution in [0.15, 0.2) is 109 Å². The van der Waals surface area contributed by atoms with Crippen molar-refractivity contribution in [1.29, 1.82) is 0 Å². The number of carbonyl (C=O) groups excluding carboxylic acids is 1. The maximum Gasteiger partial charge on any atom is 0.273 e. The van der Waals surface area contributed by atoms with E-state index in [9.17, 15) is 4.79 Å². The number of fused-ring (bicyclic) bond motifs is 1. The number of aromatic nitrogens is 2. The molecule has 0 spiro atoms. The molecule has 0 aliphatic carbocycles. The number of rotatable bonds is 8. The van der Waals surface area contributed by atoms with Crippen LogP contribution in [0.2, 0.25) is 0 Å². The van der Waals surface area contributed by atoms with Gasteiger partial charge in [-0.15, -0.1) is 0 Å². The molecule has 1 amide bonds. The molecule has 1 aliphatic heterocycles. The molecule has 0 bridgehead atoms. The van der Waals surface area contributed by atoms with Crippen LogP contribution in [-0.2, 0) is 13.0 Å². The quantitative estimate of drug-likeness (QED) is 0.257. The highest BCUT2D eigenvalue weighted by Crippen LogP contribution is 2.43. The van der Waals surface area contributed by atoms with Gasteiger partial charge in [0.15, 0.2) is 0 Å². The number of hydrogen-bond donors (Lipinski definition) is 1. The highest BCUT2D eigenvalue weighted by atomic mass is 16.5. The molecule has 1 unspecified atom stereocenters. The molecule has 1 atom stereocenters. The minimum absolute atomic E-state index is 0.0174. The van der Waals surface area contributed by atoms with Gasteiger partial charge in [-0.2, -0.15) is 5.10 Å². The fourth-order valence-corrected chi connectivity index (χ4v) is 5.09. The highest BCUT2D eigenvalue weighted by molar-refractivity contribution is 6.00. The number of ether oxygens (including phenoxy) is 1. The van der Waals surface area contributed by atoms with E-state index in [0.717, 1.165) is 40.1 Å². The molecule has 1 aromatic heterocycles. The molecule has 0 radical (unpaired) electrons. The average Bonchev–Trinajstić information content (AvgIpc) is 3.51. The monoisotopic (exact) mass is 499 g/mol. The van der Waals surface area contributed by atoms with Gasteiger partial charge in [-0.3, -0.25) is 9.89 Å². The Balaban J connectivity index is 1.32. The van der Waals surface area contributed by atoms with Gasteiger partial charge in [-0.25, -0.2) is 0 Å². The zero-order valence-corrected chi connectivity index (χ0v) is 21.3. The molecule has 2 heterocycles. The Morgan fingerprint density at radius 3 is 2.16 bits per heavy atom. The summed E-state index contributed by atoms with van der Waals surface area (Å²) in [5, 5.41) is 7.66. The molecule has 1 N–H and O–H groups in total. The molecule has 5 nitrogen and oxygen atoms in total. The topological polar surface area (TPSA) is 58.2 Å². The molecule has 5 heteroatoms. The number of benzene rings is 4.